The fourth-order valence-corrected chi connectivity index (χ4v) is 2.90. The number of aromatic nitrogens is 1. The van der Waals surface area contributed by atoms with Crippen molar-refractivity contribution in [2.45, 2.75) is 0 Å². The van der Waals surface area contributed by atoms with Crippen molar-refractivity contribution in [3.8, 4) is 5.69 Å². The summed E-state index contributed by atoms with van der Waals surface area (Å²) in [5.74, 6) is -0.467. The number of methoxy groups -OCH3 is 1. The van der Waals surface area contributed by atoms with Crippen LogP contribution in [0.1, 0.15) is 16.1 Å². The maximum atomic E-state index is 11.6. The van der Waals surface area contributed by atoms with Gasteiger partial charge in [-0.1, -0.05) is 11.6 Å². The average molecular weight is 382 g/mol. The molecule has 6 heteroatoms. The molecular weight excluding hydrogens is 362 g/mol. The van der Waals surface area contributed by atoms with Gasteiger partial charge in [0.25, 0.3) is 0 Å². The first-order valence-electron chi connectivity index (χ1n) is 8.36. The molecule has 5 nitrogen and oxygen atoms in total. The first-order valence-corrected chi connectivity index (χ1v) is 8.74. The van der Waals surface area contributed by atoms with Crippen LogP contribution in [-0.4, -0.2) is 38.0 Å². The summed E-state index contributed by atoms with van der Waals surface area (Å²) in [7, 11) is 5.35. The molecule has 0 bridgehead atoms. The van der Waals surface area contributed by atoms with E-state index in [9.17, 15) is 4.79 Å². The molecule has 1 aromatic heterocycles. The Morgan fingerprint density at radius 1 is 1.15 bits per heavy atom. The van der Waals surface area contributed by atoms with Crippen LogP contribution < -0.4 is 4.90 Å². The average Bonchev–Trinajstić information content (AvgIpc) is 3.14. The zero-order chi connectivity index (χ0) is 19.4. The second-order valence-corrected chi connectivity index (χ2v) is 6.54. The minimum atomic E-state index is -0.467. The largest absolute Gasteiger partial charge is 0.465 e. The third-order valence-corrected chi connectivity index (χ3v) is 4.44. The van der Waals surface area contributed by atoms with Crippen LogP contribution in [-0.2, 0) is 4.74 Å². The summed E-state index contributed by atoms with van der Waals surface area (Å²) < 4.78 is 6.74. The van der Waals surface area contributed by atoms with Gasteiger partial charge in [-0.05, 0) is 54.6 Å². The first-order chi connectivity index (χ1) is 13.0. The van der Waals surface area contributed by atoms with E-state index in [-0.39, 0.29) is 0 Å². The van der Waals surface area contributed by atoms with E-state index in [1.54, 1.807) is 24.4 Å². The number of nitrogens with zero attached hydrogens (tertiary/aromatic N) is 3. The van der Waals surface area contributed by atoms with Crippen molar-refractivity contribution in [2.24, 2.45) is 4.99 Å². The minimum Gasteiger partial charge on any atom is -0.465 e. The lowest BCUT2D eigenvalue weighted by Crippen LogP contribution is -2.08. The zero-order valence-electron chi connectivity index (χ0n) is 15.4. The standard InChI is InChI=1S/C21H20ClN3O2/c1-24(2)16-7-9-17(10-8-16)25-12-4-5-18(25)14-23-15-6-11-19(20(22)13-15)21(26)27-3/h4-14H,1-3H3. The third-order valence-electron chi connectivity index (χ3n) is 4.13. The topological polar surface area (TPSA) is 46.8 Å². The van der Waals surface area contributed by atoms with Gasteiger partial charge < -0.3 is 14.2 Å². The first kappa shape index (κ1) is 18.7. The second kappa shape index (κ2) is 8.10. The molecule has 0 saturated heterocycles. The smallest absolute Gasteiger partial charge is 0.339 e. The molecule has 27 heavy (non-hydrogen) atoms. The van der Waals surface area contributed by atoms with Crippen molar-refractivity contribution < 1.29 is 9.53 Å². The SMILES string of the molecule is COC(=O)c1ccc(N=Cc2cccn2-c2ccc(N(C)C)cc2)cc1Cl. The van der Waals surface area contributed by atoms with Crippen molar-refractivity contribution in [2.75, 3.05) is 26.1 Å². The molecule has 3 aromatic rings. The number of benzene rings is 2. The summed E-state index contributed by atoms with van der Waals surface area (Å²) in [4.78, 5) is 18.1. The number of halogens is 1. The fraction of sp³-hybridized carbons (Fsp3) is 0.143. The molecule has 0 unspecified atom stereocenters. The molecular formula is C21H20ClN3O2. The van der Waals surface area contributed by atoms with E-state index in [1.807, 2.05) is 37.0 Å². The molecule has 3 rings (SSSR count). The van der Waals surface area contributed by atoms with Gasteiger partial charge in [-0.3, -0.25) is 4.99 Å². The van der Waals surface area contributed by atoms with Gasteiger partial charge in [0.15, 0.2) is 0 Å². The lowest BCUT2D eigenvalue weighted by Gasteiger charge is -2.13. The van der Waals surface area contributed by atoms with Gasteiger partial charge >= 0.3 is 5.97 Å². The molecule has 0 aliphatic rings. The molecule has 0 spiro atoms. The van der Waals surface area contributed by atoms with Crippen molar-refractivity contribution >= 4 is 35.2 Å². The van der Waals surface area contributed by atoms with Gasteiger partial charge in [-0.2, -0.15) is 0 Å². The lowest BCUT2D eigenvalue weighted by molar-refractivity contribution is 0.0601. The Morgan fingerprint density at radius 3 is 2.52 bits per heavy atom. The van der Waals surface area contributed by atoms with Crippen LogP contribution in [0, 0.1) is 0 Å². The Labute approximate surface area is 163 Å². The van der Waals surface area contributed by atoms with Crippen LogP contribution in [0.15, 0.2) is 65.8 Å². The molecule has 1 heterocycles. The maximum Gasteiger partial charge on any atom is 0.339 e. The number of ether oxygens (including phenoxy) is 1. The van der Waals surface area contributed by atoms with Gasteiger partial charge in [-0.15, -0.1) is 0 Å². The summed E-state index contributed by atoms with van der Waals surface area (Å²) in [6.07, 6.45) is 3.75. The van der Waals surface area contributed by atoms with Crippen molar-refractivity contribution in [3.05, 3.63) is 77.1 Å². The Morgan fingerprint density at radius 2 is 1.89 bits per heavy atom. The quantitative estimate of drug-likeness (QED) is 0.474. The fourth-order valence-electron chi connectivity index (χ4n) is 2.65. The van der Waals surface area contributed by atoms with Crippen molar-refractivity contribution in [1.82, 2.24) is 4.57 Å². The van der Waals surface area contributed by atoms with Crippen LogP contribution in [0.2, 0.25) is 5.02 Å². The van der Waals surface area contributed by atoms with E-state index < -0.39 is 5.97 Å². The highest BCUT2D eigenvalue weighted by Crippen LogP contribution is 2.24. The van der Waals surface area contributed by atoms with E-state index in [0.717, 1.165) is 17.1 Å². The molecule has 0 aliphatic carbocycles. The number of esters is 1. The highest BCUT2D eigenvalue weighted by Gasteiger charge is 2.10. The molecule has 138 valence electrons. The monoisotopic (exact) mass is 381 g/mol. The Bertz CT molecular complexity index is 975. The second-order valence-electron chi connectivity index (χ2n) is 6.13. The number of carbonyl (C=O) groups is 1. The number of aliphatic imine (C=N–C) groups is 1. The van der Waals surface area contributed by atoms with Crippen LogP contribution in [0.3, 0.4) is 0 Å². The van der Waals surface area contributed by atoms with E-state index in [0.29, 0.717) is 16.3 Å². The molecule has 0 amide bonds. The Balaban J connectivity index is 1.84. The van der Waals surface area contributed by atoms with Crippen molar-refractivity contribution in [1.29, 1.82) is 0 Å². The Kier molecular flexibility index (Phi) is 5.62. The van der Waals surface area contributed by atoms with E-state index in [4.69, 9.17) is 16.3 Å². The lowest BCUT2D eigenvalue weighted by atomic mass is 10.2. The summed E-state index contributed by atoms with van der Waals surface area (Å²) in [6.45, 7) is 0. The van der Waals surface area contributed by atoms with Gasteiger partial charge in [0.1, 0.15) is 0 Å². The maximum absolute atomic E-state index is 11.6. The summed E-state index contributed by atoms with van der Waals surface area (Å²) in [6, 6.07) is 17.2. The van der Waals surface area contributed by atoms with Crippen LogP contribution in [0.25, 0.3) is 5.69 Å². The van der Waals surface area contributed by atoms with Gasteiger partial charge in [0, 0.05) is 31.7 Å². The van der Waals surface area contributed by atoms with Crippen LogP contribution in [0.5, 0.6) is 0 Å². The van der Waals surface area contributed by atoms with E-state index in [1.165, 1.54) is 7.11 Å². The predicted molar refractivity (Wildman–Crippen MR) is 110 cm³/mol. The zero-order valence-corrected chi connectivity index (χ0v) is 16.1. The third kappa shape index (κ3) is 4.20. The normalized spacial score (nSPS) is 11.0. The highest BCUT2D eigenvalue weighted by atomic mass is 35.5. The summed E-state index contributed by atoms with van der Waals surface area (Å²) in [5, 5.41) is 0.311. The summed E-state index contributed by atoms with van der Waals surface area (Å²) in [5.41, 5.74) is 4.10. The predicted octanol–water partition coefficient (Wildman–Crippen LogP) is 4.73. The van der Waals surface area contributed by atoms with Gasteiger partial charge in [0.2, 0.25) is 0 Å². The van der Waals surface area contributed by atoms with Crippen molar-refractivity contribution in [3.63, 3.8) is 0 Å². The Hall–Kier alpha value is -3.05. The molecule has 0 fully saturated rings. The highest BCUT2D eigenvalue weighted by molar-refractivity contribution is 6.33. The number of carbonyl (C=O) groups excluding carboxylic acids is 1. The summed E-state index contributed by atoms with van der Waals surface area (Å²) >= 11 is 6.15. The molecule has 0 atom stereocenters. The van der Waals surface area contributed by atoms with E-state index in [2.05, 4.69) is 34.2 Å². The molecule has 0 aliphatic heterocycles. The van der Waals surface area contributed by atoms with E-state index >= 15 is 0 Å². The van der Waals surface area contributed by atoms with Crippen LogP contribution in [0.4, 0.5) is 11.4 Å². The van der Waals surface area contributed by atoms with Gasteiger partial charge in [0.05, 0.1) is 35.3 Å². The number of hydrogen-bond donors (Lipinski definition) is 0. The minimum absolute atomic E-state index is 0.311. The molecule has 0 N–H and O–H groups in total. The molecule has 0 radical (unpaired) electrons. The molecule has 2 aromatic carbocycles. The number of hydrogen-bond acceptors (Lipinski definition) is 4. The molecule has 0 saturated carbocycles. The number of anilines is 1. The van der Waals surface area contributed by atoms with Crippen LogP contribution >= 0.6 is 11.6 Å². The number of rotatable bonds is 5. The van der Waals surface area contributed by atoms with Gasteiger partial charge in [-0.25, -0.2) is 4.79 Å².